The molecule has 0 aliphatic carbocycles. The molecule has 0 rings (SSSR count). The van der Waals surface area contributed by atoms with Crippen molar-refractivity contribution in [3.05, 3.63) is 0 Å². The zero-order valence-corrected chi connectivity index (χ0v) is 24.0. The topological polar surface area (TPSA) is 60.4 Å². The van der Waals surface area contributed by atoms with Crippen LogP contribution in [0.2, 0.25) is 0 Å². The molecule has 0 fully saturated rings. The Balaban J connectivity index is 7.17. The van der Waals surface area contributed by atoms with Crippen molar-refractivity contribution >= 4 is 26.2 Å². The third-order valence-electron chi connectivity index (χ3n) is 6.02. The lowest BCUT2D eigenvalue weighted by Gasteiger charge is -2.46. The van der Waals surface area contributed by atoms with Crippen molar-refractivity contribution in [3.63, 3.8) is 0 Å². The summed E-state index contributed by atoms with van der Waals surface area (Å²) in [7, 11) is -11.8. The maximum Gasteiger partial charge on any atom is 0.460 e. The second-order valence-electron chi connectivity index (χ2n) is 9.65. The van der Waals surface area contributed by atoms with E-state index in [1.807, 2.05) is 0 Å². The van der Waals surface area contributed by atoms with Crippen LogP contribution in [-0.4, -0.2) is 77.4 Å². The molecule has 0 saturated carbocycles. The van der Waals surface area contributed by atoms with Gasteiger partial charge < -0.3 is 0 Å². The molecule has 0 unspecified atom stereocenters. The van der Waals surface area contributed by atoms with E-state index in [1.54, 1.807) is 6.92 Å². The second-order valence-corrected chi connectivity index (χ2v) is 15.3. The van der Waals surface area contributed by atoms with Crippen molar-refractivity contribution in [3.8, 4) is 0 Å². The first kappa shape index (κ1) is 41.7. The monoisotopic (exact) mass is 716 g/mol. The third-order valence-corrected chi connectivity index (χ3v) is 12.6. The molecule has 260 valence electrons. The van der Waals surface area contributed by atoms with E-state index < -0.39 is 89.4 Å². The minimum atomic E-state index is -8.93. The Morgan fingerprint density at radius 1 is 0.605 bits per heavy atom. The lowest BCUT2D eigenvalue weighted by atomic mass is 9.91. The number of alkyl halides is 17. The predicted octanol–water partition coefficient (Wildman–Crippen LogP) is 8.60. The van der Waals surface area contributed by atoms with E-state index in [9.17, 15) is 87.8 Å². The molecule has 0 aromatic carbocycles. The molecule has 0 N–H and O–H groups in total. The van der Waals surface area contributed by atoms with E-state index in [-0.39, 0.29) is 12.8 Å². The van der Waals surface area contributed by atoms with Crippen LogP contribution in [0.1, 0.15) is 53.9 Å². The van der Waals surface area contributed by atoms with E-state index >= 15 is 0 Å². The number of rotatable bonds is 16. The number of hydrogen-bond acceptors (Lipinski definition) is 4. The van der Waals surface area contributed by atoms with Gasteiger partial charge in [-0.05, 0) is 6.42 Å². The molecule has 0 aromatic rings. The smallest absolute Gasteiger partial charge is 0.299 e. The first-order valence-corrected chi connectivity index (χ1v) is 14.8. The summed E-state index contributed by atoms with van der Waals surface area (Å²) in [4.78, 5) is 12.3. The standard InChI is InChI=1S/C20H25F17O4S2/c1-6-7-8-12(38)9-42(10(2)3,11(4)5)41-43(39,40)20(36,37)18(31,32)16(27,28)14(23,24)13(21,22)15(25,26)17(29,30)19(33,34)35/h10-11H,6-9H2,1-5H3. The fourth-order valence-electron chi connectivity index (χ4n) is 3.27. The molecule has 43 heavy (non-hydrogen) atoms. The van der Waals surface area contributed by atoms with E-state index in [4.69, 9.17) is 0 Å². The summed E-state index contributed by atoms with van der Waals surface area (Å²) in [6.07, 6.45) is -7.85. The maximum absolute atomic E-state index is 14.6. The predicted molar refractivity (Wildman–Crippen MR) is 118 cm³/mol. The fourth-order valence-corrected chi connectivity index (χ4v) is 9.24. The van der Waals surface area contributed by atoms with Crippen molar-refractivity contribution in [2.24, 2.45) is 0 Å². The van der Waals surface area contributed by atoms with Crippen molar-refractivity contribution in [2.45, 2.75) is 111 Å². The van der Waals surface area contributed by atoms with E-state index in [0.29, 0.717) is 6.42 Å². The average Bonchev–Trinajstić information content (AvgIpc) is 2.80. The van der Waals surface area contributed by atoms with Crippen LogP contribution in [0.5, 0.6) is 0 Å². The van der Waals surface area contributed by atoms with Crippen LogP contribution in [0.25, 0.3) is 0 Å². The summed E-state index contributed by atoms with van der Waals surface area (Å²) >= 11 is 0. The number of ketones is 1. The molecule has 4 nitrogen and oxygen atoms in total. The number of carbonyl (C=O) groups is 1. The Kier molecular flexibility index (Phi) is 11.8. The maximum atomic E-state index is 14.6. The zero-order valence-electron chi connectivity index (χ0n) is 22.4. The van der Waals surface area contributed by atoms with Gasteiger partial charge in [0.1, 0.15) is 5.78 Å². The largest absolute Gasteiger partial charge is 0.460 e. The number of Topliss-reactive ketones (excluding diaryl/α,β-unsaturated/α-hetero) is 1. The third kappa shape index (κ3) is 6.40. The molecular weight excluding hydrogens is 691 g/mol. The molecule has 0 amide bonds. The first-order valence-electron chi connectivity index (χ1n) is 11.5. The van der Waals surface area contributed by atoms with Crippen LogP contribution in [0.4, 0.5) is 74.6 Å². The Bertz CT molecular complexity index is 1090. The Hall–Kier alpha value is -1.26. The van der Waals surface area contributed by atoms with Crippen molar-refractivity contribution in [1.29, 1.82) is 0 Å². The molecule has 0 radical (unpaired) electrons. The SMILES string of the molecule is CCCCC(=O)CS(OS(=O)(=O)C(F)(F)C(F)(F)C(F)(F)C(F)(F)C(F)(F)C(F)(F)C(F)(F)C(F)(F)F)(C(C)C)C(C)C. The van der Waals surface area contributed by atoms with Crippen molar-refractivity contribution in [1.82, 2.24) is 0 Å². The lowest BCUT2D eigenvalue weighted by Crippen LogP contribution is -2.75. The van der Waals surface area contributed by atoms with Gasteiger partial charge in [0.25, 0.3) is 0 Å². The van der Waals surface area contributed by atoms with E-state index in [1.165, 1.54) is 0 Å². The number of unbranched alkanes of at least 4 members (excludes halogenated alkanes) is 1. The van der Waals surface area contributed by atoms with E-state index in [0.717, 1.165) is 27.7 Å². The zero-order chi connectivity index (χ0) is 35.3. The minimum Gasteiger partial charge on any atom is -0.299 e. The summed E-state index contributed by atoms with van der Waals surface area (Å²) in [5.41, 5.74) is 0. The average molecular weight is 717 g/mol. The summed E-state index contributed by atoms with van der Waals surface area (Å²) in [6, 6.07) is 0. The highest BCUT2D eigenvalue weighted by molar-refractivity contribution is 8.34. The molecule has 0 heterocycles. The highest BCUT2D eigenvalue weighted by atomic mass is 32.3. The second kappa shape index (κ2) is 12.2. The highest BCUT2D eigenvalue weighted by Gasteiger charge is 2.96. The van der Waals surface area contributed by atoms with Crippen LogP contribution >= 0.6 is 10.3 Å². The summed E-state index contributed by atoms with van der Waals surface area (Å²) in [5, 5.41) is -10.6. The molecule has 0 atom stereocenters. The van der Waals surface area contributed by atoms with E-state index in [2.05, 4.69) is 3.63 Å². The lowest BCUT2D eigenvalue weighted by molar-refractivity contribution is -0.458. The van der Waals surface area contributed by atoms with Gasteiger partial charge in [-0.25, -0.2) is 3.63 Å². The number of halogens is 17. The summed E-state index contributed by atoms with van der Waals surface area (Å²) in [5.74, 6) is -54.2. The Labute approximate surface area is 235 Å². The Morgan fingerprint density at radius 3 is 1.23 bits per heavy atom. The molecule has 0 aromatic heterocycles. The van der Waals surface area contributed by atoms with Gasteiger partial charge >= 0.3 is 57.1 Å². The van der Waals surface area contributed by atoms with Crippen molar-refractivity contribution < 1.29 is 91.5 Å². The summed E-state index contributed by atoms with van der Waals surface area (Å²) in [6.45, 7) is 5.45. The van der Waals surface area contributed by atoms with Crippen LogP contribution in [-0.2, 0) is 18.5 Å². The normalized spacial score (nSPS) is 16.3. The molecule has 0 aliphatic heterocycles. The molecule has 0 bridgehead atoms. The molecule has 0 saturated heterocycles. The van der Waals surface area contributed by atoms with Gasteiger partial charge in [0.2, 0.25) is 0 Å². The van der Waals surface area contributed by atoms with Crippen LogP contribution in [0, 0.1) is 0 Å². The summed E-state index contributed by atoms with van der Waals surface area (Å²) < 4.78 is 259. The fraction of sp³-hybridized carbons (Fsp3) is 0.950. The molecule has 23 heteroatoms. The molecule has 0 spiro atoms. The molecular formula is C20H25F17O4S2. The van der Waals surface area contributed by atoms with Gasteiger partial charge in [-0.3, -0.25) is 4.79 Å². The Morgan fingerprint density at radius 2 is 0.930 bits per heavy atom. The quantitative estimate of drug-likeness (QED) is 0.150. The van der Waals surface area contributed by atoms with Crippen LogP contribution in [0.15, 0.2) is 0 Å². The molecule has 0 aliphatic rings. The van der Waals surface area contributed by atoms with Crippen LogP contribution < -0.4 is 0 Å². The van der Waals surface area contributed by atoms with Gasteiger partial charge in [-0.1, -0.05) is 41.0 Å². The van der Waals surface area contributed by atoms with Gasteiger partial charge in [-0.2, -0.15) is 83.1 Å². The first-order chi connectivity index (χ1) is 18.5. The van der Waals surface area contributed by atoms with Gasteiger partial charge in [0, 0.05) is 16.9 Å². The van der Waals surface area contributed by atoms with Crippen LogP contribution in [0.3, 0.4) is 0 Å². The van der Waals surface area contributed by atoms with Gasteiger partial charge in [-0.15, -0.1) is 10.3 Å². The number of hydrogen-bond donors (Lipinski definition) is 0. The number of carbonyl (C=O) groups excluding carboxylic acids is 1. The highest BCUT2D eigenvalue weighted by Crippen LogP contribution is 2.66. The minimum absolute atomic E-state index is 0.110. The van der Waals surface area contributed by atoms with Gasteiger partial charge in [0.15, 0.2) is 0 Å². The van der Waals surface area contributed by atoms with Crippen molar-refractivity contribution in [2.75, 3.05) is 5.75 Å². The van der Waals surface area contributed by atoms with Gasteiger partial charge in [0.05, 0.1) is 5.75 Å².